The quantitative estimate of drug-likeness (QED) is 0.134. The number of halogens is 1. The summed E-state index contributed by atoms with van der Waals surface area (Å²) in [6.07, 6.45) is 0.186. The molecule has 0 aliphatic carbocycles. The van der Waals surface area contributed by atoms with Crippen molar-refractivity contribution in [3.8, 4) is 0 Å². The van der Waals surface area contributed by atoms with Crippen LogP contribution in [0.5, 0.6) is 0 Å². The van der Waals surface area contributed by atoms with E-state index in [1.54, 1.807) is 19.2 Å². The summed E-state index contributed by atoms with van der Waals surface area (Å²) in [7, 11) is 1.62. The maximum Gasteiger partial charge on any atom is 0.219 e. The molecule has 0 aromatic heterocycles. The van der Waals surface area contributed by atoms with Crippen molar-refractivity contribution in [2.45, 2.75) is 43.5 Å². The maximum absolute atomic E-state index is 14.5. The lowest BCUT2D eigenvalue weighted by atomic mass is 9.72. The minimum atomic E-state index is -1.20. The molecule has 0 fully saturated rings. The van der Waals surface area contributed by atoms with Crippen molar-refractivity contribution < 1.29 is 19.0 Å². The molecule has 1 amide bonds. The molecule has 5 aromatic rings. The fourth-order valence-electron chi connectivity index (χ4n) is 6.37. The molecule has 0 bridgehead atoms. The Labute approximate surface area is 265 Å². The molecule has 5 heteroatoms. The molecule has 3 atom stereocenters. The Morgan fingerprint density at radius 3 is 1.60 bits per heavy atom. The van der Waals surface area contributed by atoms with Gasteiger partial charge >= 0.3 is 0 Å². The van der Waals surface area contributed by atoms with Crippen molar-refractivity contribution in [3.63, 3.8) is 0 Å². The van der Waals surface area contributed by atoms with E-state index >= 15 is 0 Å². The van der Waals surface area contributed by atoms with Gasteiger partial charge in [-0.25, -0.2) is 4.39 Å². The van der Waals surface area contributed by atoms with Gasteiger partial charge in [-0.1, -0.05) is 140 Å². The summed E-state index contributed by atoms with van der Waals surface area (Å²) in [4.78, 5) is 12.5. The molecule has 4 nitrogen and oxygen atoms in total. The van der Waals surface area contributed by atoms with Crippen LogP contribution in [0.15, 0.2) is 146 Å². The van der Waals surface area contributed by atoms with Gasteiger partial charge in [0, 0.05) is 19.4 Å². The molecular weight excluding hydrogens is 561 g/mol. The van der Waals surface area contributed by atoms with Crippen molar-refractivity contribution in [2.75, 3.05) is 7.05 Å². The number of rotatable bonds is 13. The summed E-state index contributed by atoms with van der Waals surface area (Å²) in [6, 6.07) is 46.1. The second-order valence-corrected chi connectivity index (χ2v) is 11.4. The van der Waals surface area contributed by atoms with E-state index in [2.05, 4.69) is 41.7 Å². The molecular formula is C40H40FNO3. The van der Waals surface area contributed by atoms with E-state index in [1.807, 2.05) is 91.9 Å². The number of ether oxygens (including phenoxy) is 1. The molecule has 0 radical (unpaired) electrons. The molecule has 0 aliphatic heterocycles. The van der Waals surface area contributed by atoms with Crippen molar-refractivity contribution in [1.29, 1.82) is 0 Å². The van der Waals surface area contributed by atoms with E-state index in [-0.39, 0.29) is 18.1 Å². The van der Waals surface area contributed by atoms with Gasteiger partial charge in [-0.15, -0.1) is 0 Å². The number of carbonyl (C=O) groups is 1. The molecule has 2 N–H and O–H groups in total. The van der Waals surface area contributed by atoms with Gasteiger partial charge in [0.2, 0.25) is 5.91 Å². The Hall–Kier alpha value is -4.58. The number of carbonyl (C=O) groups excluding carboxylic acids is 1. The average Bonchev–Trinajstić information content (AvgIpc) is 3.11. The van der Waals surface area contributed by atoms with Crippen LogP contribution in [0.1, 0.15) is 60.1 Å². The minimum absolute atomic E-state index is 0.0836. The van der Waals surface area contributed by atoms with E-state index in [1.165, 1.54) is 12.1 Å². The Morgan fingerprint density at radius 2 is 1.16 bits per heavy atom. The first kappa shape index (κ1) is 31.8. The molecule has 230 valence electrons. The van der Waals surface area contributed by atoms with Crippen molar-refractivity contribution in [3.05, 3.63) is 179 Å². The average molecular weight is 602 g/mol. The number of hydrogen-bond donors (Lipinski definition) is 2. The van der Waals surface area contributed by atoms with Crippen LogP contribution in [0.4, 0.5) is 4.39 Å². The zero-order chi connectivity index (χ0) is 31.7. The summed E-state index contributed by atoms with van der Waals surface area (Å²) in [5.74, 6) is -0.986. The van der Waals surface area contributed by atoms with Crippen LogP contribution in [0.2, 0.25) is 0 Å². The van der Waals surface area contributed by atoms with E-state index < -0.39 is 23.2 Å². The molecule has 5 aromatic carbocycles. The van der Waals surface area contributed by atoms with Gasteiger partial charge in [-0.05, 0) is 52.8 Å². The van der Waals surface area contributed by atoms with E-state index in [4.69, 9.17) is 4.74 Å². The lowest BCUT2D eigenvalue weighted by Crippen LogP contribution is -2.48. The van der Waals surface area contributed by atoms with Crippen LogP contribution in [0.3, 0.4) is 0 Å². The molecule has 0 heterocycles. The SMILES string of the molecule is CNC(=O)CCC[C@@](OC(c1ccccc1)(c1ccccc1)c1ccccc1)(c1ccc(F)cc1)[C@@H](C)[C@H](O)c1ccccc1. The first-order chi connectivity index (χ1) is 21.9. The second-order valence-electron chi connectivity index (χ2n) is 11.4. The van der Waals surface area contributed by atoms with Gasteiger partial charge in [0.15, 0.2) is 0 Å². The smallest absolute Gasteiger partial charge is 0.219 e. The van der Waals surface area contributed by atoms with E-state index in [9.17, 15) is 14.3 Å². The molecule has 0 spiro atoms. The van der Waals surface area contributed by atoms with Crippen molar-refractivity contribution >= 4 is 5.91 Å². The highest BCUT2D eigenvalue weighted by Crippen LogP contribution is 2.52. The topological polar surface area (TPSA) is 58.6 Å². The van der Waals surface area contributed by atoms with Crippen LogP contribution >= 0.6 is 0 Å². The molecule has 0 saturated heterocycles. The summed E-state index contributed by atoms with van der Waals surface area (Å²) >= 11 is 0. The standard InChI is InChI=1S/C40H40FNO3/c1-30(38(44)31-16-7-3-8-17-31)39(29-15-24-37(43)42-2,32-25-27-36(41)28-26-32)45-40(33-18-9-4-10-19-33,34-20-11-5-12-21-34)35-22-13-6-14-23-35/h3-14,16-23,25-28,30,38,44H,15,24,29H2,1-2H3,(H,42,43)/t30-,38-,39-/m0/s1. The number of amides is 1. The fraction of sp³-hybridized carbons (Fsp3) is 0.225. The molecule has 5 rings (SSSR count). The largest absolute Gasteiger partial charge is 0.388 e. The fourth-order valence-corrected chi connectivity index (χ4v) is 6.37. The third-order valence-electron chi connectivity index (χ3n) is 8.79. The Morgan fingerprint density at radius 1 is 0.711 bits per heavy atom. The van der Waals surface area contributed by atoms with Crippen molar-refractivity contribution in [1.82, 2.24) is 5.32 Å². The lowest BCUT2D eigenvalue weighted by Gasteiger charge is -2.49. The minimum Gasteiger partial charge on any atom is -0.388 e. The number of hydrogen-bond acceptors (Lipinski definition) is 3. The van der Waals surface area contributed by atoms with E-state index in [0.717, 1.165) is 27.8 Å². The summed E-state index contributed by atoms with van der Waals surface area (Å²) in [5, 5.41) is 14.8. The first-order valence-corrected chi connectivity index (χ1v) is 15.5. The normalized spacial score (nSPS) is 14.2. The third-order valence-corrected chi connectivity index (χ3v) is 8.79. The highest BCUT2D eigenvalue weighted by Gasteiger charge is 2.51. The van der Waals surface area contributed by atoms with Crippen LogP contribution in [0.25, 0.3) is 0 Å². The van der Waals surface area contributed by atoms with Gasteiger partial charge in [-0.3, -0.25) is 4.79 Å². The first-order valence-electron chi connectivity index (χ1n) is 15.5. The lowest BCUT2D eigenvalue weighted by molar-refractivity contribution is -0.183. The van der Waals surface area contributed by atoms with Gasteiger partial charge < -0.3 is 15.2 Å². The highest BCUT2D eigenvalue weighted by atomic mass is 19.1. The van der Waals surface area contributed by atoms with Gasteiger partial charge in [0.1, 0.15) is 17.0 Å². The van der Waals surface area contributed by atoms with E-state index in [0.29, 0.717) is 12.8 Å². The van der Waals surface area contributed by atoms with Gasteiger partial charge in [-0.2, -0.15) is 0 Å². The van der Waals surface area contributed by atoms with Gasteiger partial charge in [0.05, 0.1) is 6.10 Å². The highest BCUT2D eigenvalue weighted by molar-refractivity contribution is 5.75. The monoisotopic (exact) mass is 601 g/mol. The molecule has 0 unspecified atom stereocenters. The molecule has 45 heavy (non-hydrogen) atoms. The van der Waals surface area contributed by atoms with Gasteiger partial charge in [0.25, 0.3) is 0 Å². The zero-order valence-corrected chi connectivity index (χ0v) is 25.8. The maximum atomic E-state index is 14.5. The van der Waals surface area contributed by atoms with Crippen molar-refractivity contribution in [2.24, 2.45) is 5.92 Å². The Kier molecular flexibility index (Phi) is 10.2. The third kappa shape index (κ3) is 6.75. The Balaban J connectivity index is 1.82. The van der Waals surface area contributed by atoms with Crippen LogP contribution in [-0.2, 0) is 20.7 Å². The Bertz CT molecular complexity index is 1530. The number of aliphatic hydroxyl groups excluding tert-OH is 1. The summed E-state index contributed by atoms with van der Waals surface area (Å²) < 4.78 is 22.3. The summed E-state index contributed by atoms with van der Waals surface area (Å²) in [6.45, 7) is 1.98. The second kappa shape index (κ2) is 14.5. The molecule has 0 aliphatic rings. The van der Waals surface area contributed by atoms with Crippen LogP contribution in [-0.4, -0.2) is 18.1 Å². The number of benzene rings is 5. The zero-order valence-electron chi connectivity index (χ0n) is 25.8. The van der Waals surface area contributed by atoms with Crippen LogP contribution < -0.4 is 5.32 Å². The summed E-state index contributed by atoms with van der Waals surface area (Å²) in [5.41, 5.74) is 1.84. The molecule has 0 saturated carbocycles. The number of aliphatic hydroxyl groups is 1. The van der Waals surface area contributed by atoms with Crippen LogP contribution in [0, 0.1) is 11.7 Å². The predicted molar refractivity (Wildman–Crippen MR) is 177 cm³/mol. The number of nitrogens with one attached hydrogen (secondary N) is 1. The predicted octanol–water partition coefficient (Wildman–Crippen LogP) is 8.32.